The predicted octanol–water partition coefficient (Wildman–Crippen LogP) is 2.21. The first-order valence-electron chi connectivity index (χ1n) is 5.35. The van der Waals surface area contributed by atoms with Gasteiger partial charge in [0.2, 0.25) is 0 Å². The molecule has 0 saturated heterocycles. The quantitative estimate of drug-likeness (QED) is 0.538. The Morgan fingerprint density at radius 2 is 1.82 bits per heavy atom. The van der Waals surface area contributed by atoms with E-state index in [1.165, 1.54) is 24.1 Å². The first-order valence-corrected chi connectivity index (χ1v) is 9.16. The second-order valence-corrected chi connectivity index (χ2v) is 8.60. The van der Waals surface area contributed by atoms with E-state index in [1.807, 2.05) is 0 Å². The third-order valence-electron chi connectivity index (χ3n) is 2.36. The Bertz CT molecular complexity index is 68.0. The lowest BCUT2D eigenvalue weighted by Crippen LogP contribution is -2.04. The summed E-state index contributed by atoms with van der Waals surface area (Å²) in [6, 6.07) is 4.73. The number of hydrogen-bond acceptors (Lipinski definition) is 0. The average molecular weight is 188 g/mol. The molecule has 0 aromatic heterocycles. The fourth-order valence-corrected chi connectivity index (χ4v) is 6.55. The molecule has 0 aliphatic heterocycles. The van der Waals surface area contributed by atoms with Crippen LogP contribution < -0.4 is 0 Å². The molecule has 0 rings (SSSR count). The van der Waals surface area contributed by atoms with Crippen LogP contribution >= 0.6 is 0 Å². The maximum Gasteiger partial charge on any atom is 0.0225 e. The first-order chi connectivity index (χ1) is 5.35. The predicted molar refractivity (Wildman–Crippen MR) is 61.5 cm³/mol. The van der Waals surface area contributed by atoms with Crippen molar-refractivity contribution in [1.82, 2.24) is 0 Å². The highest BCUT2D eigenvalue weighted by Crippen LogP contribution is 2.18. The van der Waals surface area contributed by atoms with Crippen LogP contribution in [0, 0.1) is 0 Å². The van der Waals surface area contributed by atoms with Crippen LogP contribution in [0.1, 0.15) is 33.6 Å². The minimum absolute atomic E-state index is 0.339. The monoisotopic (exact) mass is 188 g/mol. The minimum Gasteiger partial charge on any atom is -0.0683 e. The van der Waals surface area contributed by atoms with E-state index < -0.39 is 0 Å². The van der Waals surface area contributed by atoms with E-state index in [2.05, 4.69) is 20.8 Å². The van der Waals surface area contributed by atoms with Crippen molar-refractivity contribution < 1.29 is 0 Å². The Kier molecular flexibility index (Phi) is 8.87. The Morgan fingerprint density at radius 3 is 2.27 bits per heavy atom. The highest BCUT2D eigenvalue weighted by molar-refractivity contribution is 6.43. The molecule has 0 N–H and O–H groups in total. The lowest BCUT2D eigenvalue weighted by molar-refractivity contribution is 0.757. The number of hydrogen-bond donors (Lipinski definition) is 0. The Morgan fingerprint density at radius 1 is 1.09 bits per heavy atom. The van der Waals surface area contributed by atoms with Gasteiger partial charge in [-0.05, 0) is 0 Å². The van der Waals surface area contributed by atoms with Crippen LogP contribution in [0.4, 0.5) is 0 Å². The Labute approximate surface area is 76.8 Å². The average Bonchev–Trinajstić information content (AvgIpc) is 2.01. The normalized spacial score (nSPS) is 15.5. The SMILES string of the molecule is CCCC(C[SiH2]CC)[SiH2]CC. The van der Waals surface area contributed by atoms with E-state index in [4.69, 9.17) is 0 Å². The largest absolute Gasteiger partial charge is 0.0683 e. The lowest BCUT2D eigenvalue weighted by Gasteiger charge is -2.12. The third kappa shape index (κ3) is 6.82. The Balaban J connectivity index is 3.34. The van der Waals surface area contributed by atoms with Crippen LogP contribution in [-0.4, -0.2) is 19.0 Å². The van der Waals surface area contributed by atoms with Gasteiger partial charge >= 0.3 is 0 Å². The summed E-state index contributed by atoms with van der Waals surface area (Å²) < 4.78 is 0. The van der Waals surface area contributed by atoms with Crippen LogP contribution in [0.5, 0.6) is 0 Å². The summed E-state index contributed by atoms with van der Waals surface area (Å²) >= 11 is 0. The molecule has 0 amide bonds. The van der Waals surface area contributed by atoms with E-state index >= 15 is 0 Å². The molecule has 0 aromatic rings. The molecule has 0 aliphatic carbocycles. The van der Waals surface area contributed by atoms with Crippen LogP contribution in [0.2, 0.25) is 23.7 Å². The summed E-state index contributed by atoms with van der Waals surface area (Å²) in [5.41, 5.74) is 1.23. The fourth-order valence-electron chi connectivity index (χ4n) is 1.74. The molecular formula is C9H24Si2. The van der Waals surface area contributed by atoms with Gasteiger partial charge in [0.15, 0.2) is 0 Å². The van der Waals surface area contributed by atoms with Crippen LogP contribution in [0.3, 0.4) is 0 Å². The molecule has 0 bridgehead atoms. The minimum atomic E-state index is 0.339. The molecule has 11 heavy (non-hydrogen) atoms. The van der Waals surface area contributed by atoms with Crippen molar-refractivity contribution >= 4 is 19.0 Å². The van der Waals surface area contributed by atoms with Crippen LogP contribution in [0.15, 0.2) is 0 Å². The van der Waals surface area contributed by atoms with Crippen molar-refractivity contribution in [1.29, 1.82) is 0 Å². The second-order valence-electron chi connectivity index (χ2n) is 3.59. The van der Waals surface area contributed by atoms with E-state index in [-0.39, 0.29) is 0 Å². The first kappa shape index (κ1) is 11.4. The smallest absolute Gasteiger partial charge is 0.0225 e. The zero-order valence-corrected chi connectivity index (χ0v) is 11.4. The van der Waals surface area contributed by atoms with Crippen LogP contribution in [0.25, 0.3) is 0 Å². The summed E-state index contributed by atoms with van der Waals surface area (Å²) in [4.78, 5) is 0. The molecule has 0 fully saturated rings. The fraction of sp³-hybridized carbons (Fsp3) is 1.00. The maximum absolute atomic E-state index is 2.38. The molecule has 0 aromatic carbocycles. The second kappa shape index (κ2) is 8.53. The van der Waals surface area contributed by atoms with Crippen molar-refractivity contribution in [2.45, 2.75) is 57.3 Å². The zero-order chi connectivity index (χ0) is 8.53. The van der Waals surface area contributed by atoms with Crippen molar-refractivity contribution in [3.63, 3.8) is 0 Å². The van der Waals surface area contributed by atoms with Gasteiger partial charge in [-0.1, -0.05) is 57.3 Å². The van der Waals surface area contributed by atoms with E-state index in [0.29, 0.717) is 19.0 Å². The van der Waals surface area contributed by atoms with Gasteiger partial charge in [-0.2, -0.15) is 0 Å². The molecule has 0 nitrogen and oxygen atoms in total. The molecule has 2 heteroatoms. The van der Waals surface area contributed by atoms with Gasteiger partial charge in [-0.15, -0.1) is 0 Å². The standard InChI is InChI=1S/C9H24Si2/c1-4-7-9(11-6-3)8-10-5-2/h9H,4-8,10-11H2,1-3H3. The summed E-state index contributed by atoms with van der Waals surface area (Å²) in [5, 5.41) is 0. The van der Waals surface area contributed by atoms with Gasteiger partial charge < -0.3 is 0 Å². The van der Waals surface area contributed by atoms with Crippen molar-refractivity contribution in [3.8, 4) is 0 Å². The molecule has 68 valence electrons. The summed E-state index contributed by atoms with van der Waals surface area (Å²) in [7, 11) is 0.707. The topological polar surface area (TPSA) is 0 Å². The summed E-state index contributed by atoms with van der Waals surface area (Å²) in [6.07, 6.45) is 2.98. The lowest BCUT2D eigenvalue weighted by atomic mass is 10.3. The van der Waals surface area contributed by atoms with Crippen molar-refractivity contribution in [2.75, 3.05) is 0 Å². The van der Waals surface area contributed by atoms with Gasteiger partial charge in [-0.3, -0.25) is 0 Å². The van der Waals surface area contributed by atoms with Crippen molar-refractivity contribution in [3.05, 3.63) is 0 Å². The summed E-state index contributed by atoms with van der Waals surface area (Å²) in [6.45, 7) is 7.08. The van der Waals surface area contributed by atoms with Gasteiger partial charge in [0.1, 0.15) is 0 Å². The highest BCUT2D eigenvalue weighted by Gasteiger charge is 2.05. The van der Waals surface area contributed by atoms with Gasteiger partial charge in [0.05, 0.1) is 0 Å². The zero-order valence-electron chi connectivity index (χ0n) is 8.53. The molecule has 0 radical (unpaired) electrons. The summed E-state index contributed by atoms with van der Waals surface area (Å²) in [5.74, 6) is 0. The van der Waals surface area contributed by atoms with Gasteiger partial charge in [0.25, 0.3) is 0 Å². The molecule has 1 unspecified atom stereocenters. The van der Waals surface area contributed by atoms with Gasteiger partial charge in [-0.25, -0.2) is 0 Å². The van der Waals surface area contributed by atoms with Gasteiger partial charge in [0, 0.05) is 19.0 Å². The molecule has 0 saturated carbocycles. The Hall–Kier alpha value is 0.434. The molecule has 1 atom stereocenters. The molecular weight excluding hydrogens is 164 g/mol. The third-order valence-corrected chi connectivity index (χ3v) is 7.32. The van der Waals surface area contributed by atoms with Crippen LogP contribution in [-0.2, 0) is 0 Å². The highest BCUT2D eigenvalue weighted by atomic mass is 28.2. The van der Waals surface area contributed by atoms with E-state index in [1.54, 1.807) is 12.5 Å². The molecule has 0 spiro atoms. The van der Waals surface area contributed by atoms with E-state index in [0.717, 1.165) is 0 Å². The molecule has 0 aliphatic rings. The maximum atomic E-state index is 2.38. The molecule has 0 heterocycles. The number of rotatable bonds is 7. The van der Waals surface area contributed by atoms with Crippen molar-refractivity contribution in [2.24, 2.45) is 0 Å². The van der Waals surface area contributed by atoms with E-state index in [9.17, 15) is 0 Å².